The maximum Gasteiger partial charge on any atom is 0.119 e. The van der Waals surface area contributed by atoms with Crippen molar-refractivity contribution in [1.29, 1.82) is 0 Å². The number of para-hydroxylation sites is 1. The minimum atomic E-state index is 0.607. The zero-order valence-electron chi connectivity index (χ0n) is 13.6. The lowest BCUT2D eigenvalue weighted by molar-refractivity contribution is -0.00380. The van der Waals surface area contributed by atoms with Crippen molar-refractivity contribution >= 4 is 0 Å². The van der Waals surface area contributed by atoms with E-state index >= 15 is 0 Å². The molecule has 3 rings (SSSR count). The van der Waals surface area contributed by atoms with Gasteiger partial charge in [-0.15, -0.1) is 0 Å². The van der Waals surface area contributed by atoms with Crippen molar-refractivity contribution in [3.63, 3.8) is 0 Å². The van der Waals surface area contributed by atoms with E-state index in [4.69, 9.17) is 9.47 Å². The van der Waals surface area contributed by atoms with E-state index < -0.39 is 0 Å². The molecule has 4 heteroatoms. The van der Waals surface area contributed by atoms with Crippen LogP contribution in [0.5, 0.6) is 5.75 Å². The lowest BCUT2D eigenvalue weighted by Gasteiger charge is -2.44. The van der Waals surface area contributed by atoms with E-state index in [1.54, 1.807) is 0 Å². The van der Waals surface area contributed by atoms with Crippen LogP contribution in [-0.2, 0) is 4.74 Å². The predicted molar refractivity (Wildman–Crippen MR) is 88.4 cm³/mol. The Morgan fingerprint density at radius 3 is 2.64 bits per heavy atom. The standard InChI is InChI=1S/C18H28N2O2/c1-16-15-20(17-7-12-21-13-8-17)10-9-19(16)11-14-22-18-5-3-2-4-6-18/h2-6,16-17H,7-15H2,1H3/t16-/m0/s1. The van der Waals surface area contributed by atoms with Crippen molar-refractivity contribution < 1.29 is 9.47 Å². The van der Waals surface area contributed by atoms with E-state index in [0.29, 0.717) is 6.04 Å². The third kappa shape index (κ3) is 4.22. The highest BCUT2D eigenvalue weighted by molar-refractivity contribution is 5.20. The quantitative estimate of drug-likeness (QED) is 0.833. The molecule has 0 aliphatic carbocycles. The van der Waals surface area contributed by atoms with Gasteiger partial charge in [-0.3, -0.25) is 9.80 Å². The van der Waals surface area contributed by atoms with Gasteiger partial charge in [-0.1, -0.05) is 18.2 Å². The summed E-state index contributed by atoms with van der Waals surface area (Å²) < 4.78 is 11.3. The number of piperazine rings is 1. The number of benzene rings is 1. The number of ether oxygens (including phenoxy) is 2. The summed E-state index contributed by atoms with van der Waals surface area (Å²) >= 11 is 0. The van der Waals surface area contributed by atoms with Gasteiger partial charge in [-0.05, 0) is 31.9 Å². The van der Waals surface area contributed by atoms with Crippen LogP contribution in [0, 0.1) is 0 Å². The average Bonchev–Trinajstić information content (AvgIpc) is 2.58. The van der Waals surface area contributed by atoms with Gasteiger partial charge in [0.15, 0.2) is 0 Å². The van der Waals surface area contributed by atoms with Crippen molar-refractivity contribution in [3.05, 3.63) is 30.3 Å². The first-order valence-corrected chi connectivity index (χ1v) is 8.56. The topological polar surface area (TPSA) is 24.9 Å². The zero-order valence-corrected chi connectivity index (χ0v) is 13.6. The molecule has 2 saturated heterocycles. The number of nitrogens with zero attached hydrogens (tertiary/aromatic N) is 2. The van der Waals surface area contributed by atoms with Gasteiger partial charge in [-0.2, -0.15) is 0 Å². The lowest BCUT2D eigenvalue weighted by Crippen LogP contribution is -2.56. The molecule has 1 aromatic rings. The third-order valence-electron chi connectivity index (χ3n) is 4.89. The van der Waals surface area contributed by atoms with E-state index in [2.05, 4.69) is 16.7 Å². The van der Waals surface area contributed by atoms with E-state index in [9.17, 15) is 0 Å². The van der Waals surface area contributed by atoms with Crippen molar-refractivity contribution in [1.82, 2.24) is 9.80 Å². The summed E-state index contributed by atoms with van der Waals surface area (Å²) in [6.45, 7) is 9.50. The number of rotatable bonds is 5. The largest absolute Gasteiger partial charge is 0.492 e. The second-order valence-electron chi connectivity index (χ2n) is 6.38. The Labute approximate surface area is 134 Å². The molecule has 2 fully saturated rings. The Kier molecular flexibility index (Phi) is 5.70. The molecule has 2 aliphatic heterocycles. The molecule has 0 saturated carbocycles. The minimum absolute atomic E-state index is 0.607. The van der Waals surface area contributed by atoms with Crippen LogP contribution in [0.25, 0.3) is 0 Å². The Morgan fingerprint density at radius 2 is 1.91 bits per heavy atom. The molecule has 0 aromatic heterocycles. The molecule has 0 N–H and O–H groups in total. The first-order valence-electron chi connectivity index (χ1n) is 8.56. The van der Waals surface area contributed by atoms with Gasteiger partial charge in [-0.25, -0.2) is 0 Å². The van der Waals surface area contributed by atoms with Crippen LogP contribution in [-0.4, -0.2) is 67.9 Å². The minimum Gasteiger partial charge on any atom is -0.492 e. The fraction of sp³-hybridized carbons (Fsp3) is 0.667. The first kappa shape index (κ1) is 15.8. The molecule has 122 valence electrons. The van der Waals surface area contributed by atoms with Crippen molar-refractivity contribution in [2.75, 3.05) is 46.0 Å². The summed E-state index contributed by atoms with van der Waals surface area (Å²) in [5.74, 6) is 0.969. The highest BCUT2D eigenvalue weighted by Gasteiger charge is 2.29. The van der Waals surface area contributed by atoms with E-state index in [0.717, 1.165) is 44.7 Å². The second kappa shape index (κ2) is 7.95. The summed E-state index contributed by atoms with van der Waals surface area (Å²) in [5, 5.41) is 0. The molecule has 0 bridgehead atoms. The molecule has 0 unspecified atom stereocenters. The van der Waals surface area contributed by atoms with Gasteiger partial charge < -0.3 is 9.47 Å². The smallest absolute Gasteiger partial charge is 0.119 e. The Bertz CT molecular complexity index is 434. The van der Waals surface area contributed by atoms with Crippen LogP contribution in [0.1, 0.15) is 19.8 Å². The third-order valence-corrected chi connectivity index (χ3v) is 4.89. The Hall–Kier alpha value is -1.10. The maximum absolute atomic E-state index is 5.83. The molecular formula is C18H28N2O2. The average molecular weight is 304 g/mol. The van der Waals surface area contributed by atoms with Crippen LogP contribution < -0.4 is 4.74 Å². The number of hydrogen-bond acceptors (Lipinski definition) is 4. The van der Waals surface area contributed by atoms with Gasteiger partial charge >= 0.3 is 0 Å². The van der Waals surface area contributed by atoms with Crippen molar-refractivity contribution in [2.24, 2.45) is 0 Å². The van der Waals surface area contributed by atoms with E-state index in [1.165, 1.54) is 25.9 Å². The second-order valence-corrected chi connectivity index (χ2v) is 6.38. The van der Waals surface area contributed by atoms with Crippen LogP contribution in [0.2, 0.25) is 0 Å². The molecule has 1 aromatic carbocycles. The van der Waals surface area contributed by atoms with Gasteiger partial charge in [0, 0.05) is 51.5 Å². The predicted octanol–water partition coefficient (Wildman–Crippen LogP) is 2.25. The Morgan fingerprint density at radius 1 is 1.14 bits per heavy atom. The first-order chi connectivity index (χ1) is 10.8. The fourth-order valence-electron chi connectivity index (χ4n) is 3.54. The summed E-state index contributed by atoms with van der Waals surface area (Å²) in [5.41, 5.74) is 0. The summed E-state index contributed by atoms with van der Waals surface area (Å²) in [7, 11) is 0. The van der Waals surface area contributed by atoms with Gasteiger partial charge in [0.05, 0.1) is 0 Å². The summed E-state index contributed by atoms with van der Waals surface area (Å²) in [6.07, 6.45) is 2.40. The lowest BCUT2D eigenvalue weighted by atomic mass is 10.0. The Balaban J connectivity index is 1.40. The van der Waals surface area contributed by atoms with E-state index in [-0.39, 0.29) is 0 Å². The monoisotopic (exact) mass is 304 g/mol. The zero-order chi connectivity index (χ0) is 15.2. The summed E-state index contributed by atoms with van der Waals surface area (Å²) in [4.78, 5) is 5.22. The number of hydrogen-bond donors (Lipinski definition) is 0. The highest BCUT2D eigenvalue weighted by atomic mass is 16.5. The molecule has 2 heterocycles. The van der Waals surface area contributed by atoms with Gasteiger partial charge in [0.1, 0.15) is 12.4 Å². The van der Waals surface area contributed by atoms with Crippen molar-refractivity contribution in [2.45, 2.75) is 31.8 Å². The highest BCUT2D eigenvalue weighted by Crippen LogP contribution is 2.19. The maximum atomic E-state index is 5.83. The van der Waals surface area contributed by atoms with E-state index in [1.807, 2.05) is 30.3 Å². The SMILES string of the molecule is C[C@H]1CN(C2CCOCC2)CCN1CCOc1ccccc1. The summed E-state index contributed by atoms with van der Waals surface area (Å²) in [6, 6.07) is 11.4. The van der Waals surface area contributed by atoms with Gasteiger partial charge in [0.2, 0.25) is 0 Å². The van der Waals surface area contributed by atoms with Gasteiger partial charge in [0.25, 0.3) is 0 Å². The molecule has 1 atom stereocenters. The normalized spacial score (nSPS) is 25.2. The molecule has 0 spiro atoms. The fourth-order valence-corrected chi connectivity index (χ4v) is 3.54. The molecule has 2 aliphatic rings. The van der Waals surface area contributed by atoms with Crippen molar-refractivity contribution in [3.8, 4) is 5.75 Å². The molecule has 0 radical (unpaired) electrons. The van der Waals surface area contributed by atoms with Crippen LogP contribution in [0.3, 0.4) is 0 Å². The molecule has 0 amide bonds. The molecule has 22 heavy (non-hydrogen) atoms. The molecule has 4 nitrogen and oxygen atoms in total. The van der Waals surface area contributed by atoms with Crippen LogP contribution in [0.15, 0.2) is 30.3 Å². The molecular weight excluding hydrogens is 276 g/mol. The van der Waals surface area contributed by atoms with Crippen LogP contribution in [0.4, 0.5) is 0 Å². The van der Waals surface area contributed by atoms with Crippen LogP contribution >= 0.6 is 0 Å².